The second-order valence-corrected chi connectivity index (χ2v) is 10.6. The number of aromatic nitrogens is 2. The number of aryl methyl sites for hydroxylation is 1. The Balaban J connectivity index is 1.54. The zero-order chi connectivity index (χ0) is 22.6. The average molecular weight is 450 g/mol. The number of hydrogen-bond donors (Lipinski definition) is 1. The molecule has 0 radical (unpaired) electrons. The number of likely N-dealkylation sites (N-methyl/N-ethyl adjacent to an activating group) is 1. The van der Waals surface area contributed by atoms with Crippen LogP contribution >= 0.6 is 0 Å². The van der Waals surface area contributed by atoms with Gasteiger partial charge in [0.05, 0.1) is 4.90 Å². The highest BCUT2D eigenvalue weighted by atomic mass is 32.2. The smallest absolute Gasteiger partial charge is 0.243 e. The quantitative estimate of drug-likeness (QED) is 0.691. The van der Waals surface area contributed by atoms with E-state index in [-0.39, 0.29) is 22.6 Å². The summed E-state index contributed by atoms with van der Waals surface area (Å²) in [6.45, 7) is 11.4. The molecule has 1 aromatic carbocycles. The van der Waals surface area contributed by atoms with Gasteiger partial charge in [-0.2, -0.15) is 9.29 Å². The van der Waals surface area contributed by atoms with Crippen molar-refractivity contribution in [3.05, 3.63) is 36.0 Å². The molecule has 170 valence electrons. The van der Waals surface area contributed by atoms with Crippen molar-refractivity contribution in [2.24, 2.45) is 0 Å². The van der Waals surface area contributed by atoms with Crippen molar-refractivity contribution in [2.45, 2.75) is 50.8 Å². The van der Waals surface area contributed by atoms with E-state index in [0.29, 0.717) is 36.9 Å². The molecule has 0 aliphatic carbocycles. The standard InChI is InChI=1S/C21H31N5O4S/c1-5-25-12-14-26(15-13-25)31(28,29)17-8-6-16(7-9-17)22-18(27)10-11-19-23-20(24-30-19)21(2,3)4/h6-9H,5,10-15H2,1-4H3,(H,22,27). The fraction of sp³-hybridized carbons (Fsp3) is 0.571. The number of hydrogen-bond acceptors (Lipinski definition) is 7. The second-order valence-electron chi connectivity index (χ2n) is 8.67. The highest BCUT2D eigenvalue weighted by Gasteiger charge is 2.28. The minimum Gasteiger partial charge on any atom is -0.339 e. The fourth-order valence-corrected chi connectivity index (χ4v) is 4.67. The SMILES string of the molecule is CCN1CCN(S(=O)(=O)c2ccc(NC(=O)CCc3nc(C(C)(C)C)no3)cc2)CC1. The Morgan fingerprint density at radius 1 is 1.13 bits per heavy atom. The van der Waals surface area contributed by atoms with E-state index in [0.717, 1.165) is 19.6 Å². The number of anilines is 1. The lowest BCUT2D eigenvalue weighted by Gasteiger charge is -2.33. The summed E-state index contributed by atoms with van der Waals surface area (Å²) in [5, 5.41) is 6.73. The zero-order valence-electron chi connectivity index (χ0n) is 18.6. The number of rotatable bonds is 7. The van der Waals surface area contributed by atoms with Gasteiger partial charge in [0.1, 0.15) is 0 Å². The van der Waals surface area contributed by atoms with E-state index < -0.39 is 10.0 Å². The Morgan fingerprint density at radius 2 is 1.77 bits per heavy atom. The van der Waals surface area contributed by atoms with E-state index in [9.17, 15) is 13.2 Å². The van der Waals surface area contributed by atoms with Gasteiger partial charge >= 0.3 is 0 Å². The maximum Gasteiger partial charge on any atom is 0.243 e. The summed E-state index contributed by atoms with van der Waals surface area (Å²) >= 11 is 0. The number of sulfonamides is 1. The number of amides is 1. The van der Waals surface area contributed by atoms with E-state index >= 15 is 0 Å². The van der Waals surface area contributed by atoms with Crippen molar-refractivity contribution in [3.63, 3.8) is 0 Å². The minimum atomic E-state index is -3.53. The molecule has 0 spiro atoms. The fourth-order valence-electron chi connectivity index (χ4n) is 3.25. The van der Waals surface area contributed by atoms with E-state index in [1.165, 1.54) is 16.4 Å². The number of benzene rings is 1. The van der Waals surface area contributed by atoms with Gasteiger partial charge in [-0.1, -0.05) is 32.9 Å². The molecule has 0 unspecified atom stereocenters. The maximum absolute atomic E-state index is 12.8. The van der Waals surface area contributed by atoms with Gasteiger partial charge in [0, 0.05) is 50.1 Å². The summed E-state index contributed by atoms with van der Waals surface area (Å²) in [5.41, 5.74) is 0.330. The number of carbonyl (C=O) groups is 1. The highest BCUT2D eigenvalue weighted by Crippen LogP contribution is 2.21. The van der Waals surface area contributed by atoms with Crippen molar-refractivity contribution in [2.75, 3.05) is 38.0 Å². The molecule has 1 aliphatic rings. The number of piperazine rings is 1. The molecule has 10 heteroatoms. The summed E-state index contributed by atoms with van der Waals surface area (Å²) in [6.07, 6.45) is 0.526. The predicted molar refractivity (Wildman–Crippen MR) is 117 cm³/mol. The molecule has 3 rings (SSSR count). The largest absolute Gasteiger partial charge is 0.339 e. The van der Waals surface area contributed by atoms with Crippen LogP contribution in [0.15, 0.2) is 33.7 Å². The Hall–Kier alpha value is -2.30. The first-order valence-electron chi connectivity index (χ1n) is 10.5. The van der Waals surface area contributed by atoms with Crippen LogP contribution in [-0.4, -0.2) is 66.4 Å². The molecule has 1 fully saturated rings. The first-order chi connectivity index (χ1) is 14.6. The third kappa shape index (κ3) is 5.90. The Labute approximate surface area is 183 Å². The number of carbonyl (C=O) groups excluding carboxylic acids is 1. The zero-order valence-corrected chi connectivity index (χ0v) is 19.4. The Kier molecular flexibility index (Phi) is 7.13. The van der Waals surface area contributed by atoms with Gasteiger partial charge in [0.15, 0.2) is 5.82 Å². The normalized spacial score (nSPS) is 16.4. The minimum absolute atomic E-state index is 0.188. The molecular weight excluding hydrogens is 418 g/mol. The van der Waals surface area contributed by atoms with Gasteiger partial charge in [-0.15, -0.1) is 0 Å². The number of nitrogens with zero attached hydrogens (tertiary/aromatic N) is 4. The van der Waals surface area contributed by atoms with Crippen molar-refractivity contribution in [1.82, 2.24) is 19.3 Å². The molecule has 1 amide bonds. The second kappa shape index (κ2) is 9.46. The van der Waals surface area contributed by atoms with Crippen molar-refractivity contribution < 1.29 is 17.7 Å². The summed E-state index contributed by atoms with van der Waals surface area (Å²) in [6, 6.07) is 6.28. The molecule has 1 aromatic heterocycles. The van der Waals surface area contributed by atoms with Crippen LogP contribution in [0.4, 0.5) is 5.69 Å². The van der Waals surface area contributed by atoms with Crippen LogP contribution in [0.2, 0.25) is 0 Å². The molecule has 1 aliphatic heterocycles. The highest BCUT2D eigenvalue weighted by molar-refractivity contribution is 7.89. The Bertz CT molecular complexity index is 988. The van der Waals surface area contributed by atoms with Crippen LogP contribution in [0.1, 0.15) is 45.8 Å². The molecule has 31 heavy (non-hydrogen) atoms. The van der Waals surface area contributed by atoms with E-state index in [1.54, 1.807) is 12.1 Å². The summed E-state index contributed by atoms with van der Waals surface area (Å²) < 4.78 is 32.4. The van der Waals surface area contributed by atoms with Crippen LogP contribution in [0, 0.1) is 0 Å². The van der Waals surface area contributed by atoms with E-state index in [2.05, 4.69) is 27.3 Å². The number of nitrogens with one attached hydrogen (secondary N) is 1. The van der Waals surface area contributed by atoms with Crippen LogP contribution in [0.25, 0.3) is 0 Å². The van der Waals surface area contributed by atoms with Gasteiger partial charge in [-0.25, -0.2) is 8.42 Å². The summed E-state index contributed by atoms with van der Waals surface area (Å²) in [7, 11) is -3.53. The molecule has 0 bridgehead atoms. The average Bonchev–Trinajstić information content (AvgIpc) is 3.22. The molecule has 1 N–H and O–H groups in total. The maximum atomic E-state index is 12.8. The molecule has 0 saturated carbocycles. The van der Waals surface area contributed by atoms with Gasteiger partial charge in [0.2, 0.25) is 21.8 Å². The molecule has 2 heterocycles. The third-order valence-electron chi connectivity index (χ3n) is 5.26. The first-order valence-corrected chi connectivity index (χ1v) is 12.0. The van der Waals surface area contributed by atoms with Gasteiger partial charge in [0.25, 0.3) is 0 Å². The monoisotopic (exact) mass is 449 g/mol. The van der Waals surface area contributed by atoms with Gasteiger partial charge in [-0.05, 0) is 30.8 Å². The lowest BCUT2D eigenvalue weighted by molar-refractivity contribution is -0.116. The topological polar surface area (TPSA) is 109 Å². The summed E-state index contributed by atoms with van der Waals surface area (Å²) in [4.78, 5) is 19.0. The van der Waals surface area contributed by atoms with Crippen LogP contribution in [-0.2, 0) is 26.7 Å². The third-order valence-corrected chi connectivity index (χ3v) is 7.17. The van der Waals surface area contributed by atoms with Gasteiger partial charge < -0.3 is 14.7 Å². The molecule has 2 aromatic rings. The van der Waals surface area contributed by atoms with Crippen molar-refractivity contribution in [3.8, 4) is 0 Å². The van der Waals surface area contributed by atoms with Crippen LogP contribution in [0.3, 0.4) is 0 Å². The van der Waals surface area contributed by atoms with Gasteiger partial charge in [-0.3, -0.25) is 4.79 Å². The van der Waals surface area contributed by atoms with Crippen LogP contribution in [0.5, 0.6) is 0 Å². The molecule has 0 atom stereocenters. The molecule has 1 saturated heterocycles. The molecular formula is C21H31N5O4S. The summed E-state index contributed by atoms with van der Waals surface area (Å²) in [5.74, 6) is 0.822. The predicted octanol–water partition coefficient (Wildman–Crippen LogP) is 2.26. The Morgan fingerprint density at radius 3 is 2.32 bits per heavy atom. The van der Waals surface area contributed by atoms with E-state index in [4.69, 9.17) is 4.52 Å². The first kappa shape index (κ1) is 23.4. The van der Waals surface area contributed by atoms with Crippen molar-refractivity contribution in [1.29, 1.82) is 0 Å². The lowest BCUT2D eigenvalue weighted by Crippen LogP contribution is -2.48. The molecule has 9 nitrogen and oxygen atoms in total. The lowest BCUT2D eigenvalue weighted by atomic mass is 9.96. The van der Waals surface area contributed by atoms with Crippen molar-refractivity contribution >= 4 is 21.6 Å². The van der Waals surface area contributed by atoms with E-state index in [1.807, 2.05) is 20.8 Å². The van der Waals surface area contributed by atoms with Crippen LogP contribution < -0.4 is 5.32 Å².